The normalized spacial score (nSPS) is 18.2. The standard InChI is InChI=1S/C13H26N2O/c1-10(2)6-4-5-7-15-13(16)11(3)12-8-14-9-12/h10-12,14H,4-9H2,1-3H3,(H,15,16). The molecule has 0 spiro atoms. The number of amides is 1. The van der Waals surface area contributed by atoms with E-state index in [1.54, 1.807) is 0 Å². The number of carbonyl (C=O) groups excluding carboxylic acids is 1. The minimum atomic E-state index is 0.173. The minimum absolute atomic E-state index is 0.173. The fourth-order valence-electron chi connectivity index (χ4n) is 1.93. The summed E-state index contributed by atoms with van der Waals surface area (Å²) < 4.78 is 0. The number of hydrogen-bond acceptors (Lipinski definition) is 2. The molecule has 3 nitrogen and oxygen atoms in total. The van der Waals surface area contributed by atoms with Crippen molar-refractivity contribution in [1.29, 1.82) is 0 Å². The van der Waals surface area contributed by atoms with Gasteiger partial charge in [0.1, 0.15) is 0 Å². The predicted molar refractivity (Wildman–Crippen MR) is 67.2 cm³/mol. The monoisotopic (exact) mass is 226 g/mol. The molecule has 2 N–H and O–H groups in total. The van der Waals surface area contributed by atoms with Gasteiger partial charge in [0.15, 0.2) is 0 Å². The van der Waals surface area contributed by atoms with E-state index < -0.39 is 0 Å². The first kappa shape index (κ1) is 13.5. The average Bonchev–Trinajstić information content (AvgIpc) is 2.13. The third-order valence-electron chi connectivity index (χ3n) is 3.44. The summed E-state index contributed by atoms with van der Waals surface area (Å²) in [5, 5.41) is 6.24. The number of rotatable bonds is 7. The molecular weight excluding hydrogens is 200 g/mol. The Balaban J connectivity index is 2.01. The van der Waals surface area contributed by atoms with Gasteiger partial charge in [-0.2, -0.15) is 0 Å². The third-order valence-corrected chi connectivity index (χ3v) is 3.44. The second kappa shape index (κ2) is 6.89. The highest BCUT2D eigenvalue weighted by molar-refractivity contribution is 5.78. The van der Waals surface area contributed by atoms with Crippen molar-refractivity contribution in [3.05, 3.63) is 0 Å². The SMILES string of the molecule is CC(C)CCCCNC(=O)C(C)C1CNC1. The predicted octanol–water partition coefficient (Wildman–Crippen LogP) is 1.78. The Bertz CT molecular complexity index is 212. The lowest BCUT2D eigenvalue weighted by Crippen LogP contribution is -2.49. The van der Waals surface area contributed by atoms with Gasteiger partial charge in [-0.05, 0) is 31.3 Å². The Kier molecular flexibility index (Phi) is 5.81. The van der Waals surface area contributed by atoms with Gasteiger partial charge < -0.3 is 10.6 Å². The highest BCUT2D eigenvalue weighted by atomic mass is 16.1. The minimum Gasteiger partial charge on any atom is -0.356 e. The molecule has 1 amide bonds. The molecule has 1 aliphatic heterocycles. The van der Waals surface area contributed by atoms with E-state index in [-0.39, 0.29) is 11.8 Å². The van der Waals surface area contributed by atoms with E-state index >= 15 is 0 Å². The van der Waals surface area contributed by atoms with Crippen LogP contribution in [0.2, 0.25) is 0 Å². The van der Waals surface area contributed by atoms with Crippen molar-refractivity contribution in [3.63, 3.8) is 0 Å². The summed E-state index contributed by atoms with van der Waals surface area (Å²) >= 11 is 0. The molecule has 0 aromatic carbocycles. The zero-order valence-corrected chi connectivity index (χ0v) is 10.9. The van der Waals surface area contributed by atoms with Gasteiger partial charge in [0.05, 0.1) is 0 Å². The zero-order chi connectivity index (χ0) is 12.0. The third kappa shape index (κ3) is 4.52. The van der Waals surface area contributed by atoms with Crippen LogP contribution in [0.25, 0.3) is 0 Å². The van der Waals surface area contributed by atoms with Crippen LogP contribution >= 0.6 is 0 Å². The molecule has 16 heavy (non-hydrogen) atoms. The van der Waals surface area contributed by atoms with Gasteiger partial charge in [0.2, 0.25) is 5.91 Å². The van der Waals surface area contributed by atoms with Crippen molar-refractivity contribution in [2.45, 2.75) is 40.0 Å². The summed E-state index contributed by atoms with van der Waals surface area (Å²) in [5.74, 6) is 1.73. The summed E-state index contributed by atoms with van der Waals surface area (Å²) in [5.41, 5.74) is 0. The van der Waals surface area contributed by atoms with Gasteiger partial charge in [-0.3, -0.25) is 4.79 Å². The van der Waals surface area contributed by atoms with E-state index in [9.17, 15) is 4.79 Å². The molecule has 1 unspecified atom stereocenters. The smallest absolute Gasteiger partial charge is 0.223 e. The molecule has 1 heterocycles. The first-order chi connectivity index (χ1) is 7.61. The summed E-state index contributed by atoms with van der Waals surface area (Å²) in [6.07, 6.45) is 3.59. The van der Waals surface area contributed by atoms with Crippen LogP contribution in [0.15, 0.2) is 0 Å². The van der Waals surface area contributed by atoms with E-state index in [2.05, 4.69) is 24.5 Å². The summed E-state index contributed by atoms with van der Waals surface area (Å²) in [7, 11) is 0. The van der Waals surface area contributed by atoms with Gasteiger partial charge in [0, 0.05) is 12.5 Å². The molecule has 0 aliphatic carbocycles. The van der Waals surface area contributed by atoms with Gasteiger partial charge in [-0.15, -0.1) is 0 Å². The van der Waals surface area contributed by atoms with E-state index in [1.807, 2.05) is 6.92 Å². The topological polar surface area (TPSA) is 41.1 Å². The molecule has 0 saturated carbocycles. The van der Waals surface area contributed by atoms with Gasteiger partial charge >= 0.3 is 0 Å². The van der Waals surface area contributed by atoms with Crippen molar-refractivity contribution in [1.82, 2.24) is 10.6 Å². The molecule has 0 aromatic heterocycles. The summed E-state index contributed by atoms with van der Waals surface area (Å²) in [4.78, 5) is 11.7. The highest BCUT2D eigenvalue weighted by Gasteiger charge is 2.28. The van der Waals surface area contributed by atoms with Crippen molar-refractivity contribution in [3.8, 4) is 0 Å². The molecule has 0 bridgehead atoms. The Morgan fingerprint density at radius 2 is 2.00 bits per heavy atom. The average molecular weight is 226 g/mol. The molecular formula is C13H26N2O. The second-order valence-corrected chi connectivity index (χ2v) is 5.39. The number of hydrogen-bond donors (Lipinski definition) is 2. The largest absolute Gasteiger partial charge is 0.356 e. The van der Waals surface area contributed by atoms with Gasteiger partial charge in [-0.1, -0.05) is 33.6 Å². The summed E-state index contributed by atoms with van der Waals surface area (Å²) in [6.45, 7) is 9.36. The van der Waals surface area contributed by atoms with Crippen molar-refractivity contribution >= 4 is 5.91 Å². The van der Waals surface area contributed by atoms with E-state index in [4.69, 9.17) is 0 Å². The van der Waals surface area contributed by atoms with Crippen LogP contribution in [-0.4, -0.2) is 25.5 Å². The Labute approximate surface area is 99.4 Å². The van der Waals surface area contributed by atoms with Crippen LogP contribution < -0.4 is 10.6 Å². The quantitative estimate of drug-likeness (QED) is 0.650. The summed E-state index contributed by atoms with van der Waals surface area (Å²) in [6, 6.07) is 0. The Hall–Kier alpha value is -0.570. The molecule has 1 aliphatic rings. The molecule has 1 atom stereocenters. The molecule has 0 aromatic rings. The fourth-order valence-corrected chi connectivity index (χ4v) is 1.93. The van der Waals surface area contributed by atoms with Crippen LogP contribution in [0, 0.1) is 17.8 Å². The van der Waals surface area contributed by atoms with E-state index in [1.165, 1.54) is 12.8 Å². The molecule has 3 heteroatoms. The second-order valence-electron chi connectivity index (χ2n) is 5.39. The first-order valence-corrected chi connectivity index (χ1v) is 6.59. The van der Waals surface area contributed by atoms with Crippen LogP contribution in [0.1, 0.15) is 40.0 Å². The van der Waals surface area contributed by atoms with Crippen LogP contribution in [0.4, 0.5) is 0 Å². The zero-order valence-electron chi connectivity index (χ0n) is 10.9. The van der Waals surface area contributed by atoms with E-state index in [0.717, 1.165) is 32.0 Å². The molecule has 1 saturated heterocycles. The van der Waals surface area contributed by atoms with Crippen LogP contribution in [0.5, 0.6) is 0 Å². The highest BCUT2D eigenvalue weighted by Crippen LogP contribution is 2.15. The lowest BCUT2D eigenvalue weighted by Gasteiger charge is -2.31. The maximum atomic E-state index is 11.7. The van der Waals surface area contributed by atoms with Crippen molar-refractivity contribution in [2.75, 3.05) is 19.6 Å². The van der Waals surface area contributed by atoms with Crippen LogP contribution in [0.3, 0.4) is 0 Å². The first-order valence-electron chi connectivity index (χ1n) is 6.59. The molecule has 0 radical (unpaired) electrons. The maximum Gasteiger partial charge on any atom is 0.223 e. The number of carbonyl (C=O) groups is 1. The molecule has 1 rings (SSSR count). The lowest BCUT2D eigenvalue weighted by atomic mass is 9.88. The van der Waals surface area contributed by atoms with Gasteiger partial charge in [0.25, 0.3) is 0 Å². The number of nitrogens with one attached hydrogen (secondary N) is 2. The Morgan fingerprint density at radius 1 is 1.31 bits per heavy atom. The lowest BCUT2D eigenvalue weighted by molar-refractivity contribution is -0.126. The Morgan fingerprint density at radius 3 is 2.50 bits per heavy atom. The van der Waals surface area contributed by atoms with Gasteiger partial charge in [-0.25, -0.2) is 0 Å². The molecule has 1 fully saturated rings. The number of unbranched alkanes of at least 4 members (excludes halogenated alkanes) is 1. The fraction of sp³-hybridized carbons (Fsp3) is 0.923. The van der Waals surface area contributed by atoms with Crippen molar-refractivity contribution < 1.29 is 4.79 Å². The van der Waals surface area contributed by atoms with E-state index in [0.29, 0.717) is 5.92 Å². The van der Waals surface area contributed by atoms with Crippen LogP contribution in [-0.2, 0) is 4.79 Å². The van der Waals surface area contributed by atoms with Crippen molar-refractivity contribution in [2.24, 2.45) is 17.8 Å². The molecule has 94 valence electrons. The maximum absolute atomic E-state index is 11.7.